The summed E-state index contributed by atoms with van der Waals surface area (Å²) in [5.41, 5.74) is 0.474. The molecule has 36 heteroatoms. The van der Waals surface area contributed by atoms with Crippen LogP contribution in [0.25, 0.3) is 0 Å². The van der Waals surface area contributed by atoms with Gasteiger partial charge in [0.1, 0.15) is 171 Å². The second kappa shape index (κ2) is 29.2. The van der Waals surface area contributed by atoms with E-state index in [1.54, 1.807) is 0 Å². The van der Waals surface area contributed by atoms with Crippen molar-refractivity contribution in [1.29, 1.82) is 0 Å². The van der Waals surface area contributed by atoms with E-state index in [1.165, 1.54) is 24.3 Å². The van der Waals surface area contributed by atoms with Gasteiger partial charge in [-0.05, 0) is 24.3 Å². The van der Waals surface area contributed by atoms with E-state index in [4.69, 9.17) is 72.7 Å². The molecule has 0 aliphatic carbocycles. The molecule has 0 spiro atoms. The van der Waals surface area contributed by atoms with E-state index in [0.717, 1.165) is 0 Å². The average Bonchev–Trinajstić information content (AvgIpc) is 2.19. The maximum atomic E-state index is 13.5. The van der Waals surface area contributed by atoms with Crippen LogP contribution in [0.5, 0.6) is 0 Å². The van der Waals surface area contributed by atoms with Crippen molar-refractivity contribution in [2.45, 2.75) is 215 Å². The molecule has 21 fully saturated rings. The number of hydrogen-bond donors (Lipinski definition) is 21. The minimum absolute atomic E-state index is 0.0555. The molecular formula is C51H75NO35. The second-order valence-corrected chi connectivity index (χ2v) is 21.9. The first-order valence-corrected chi connectivity index (χ1v) is 27.7. The number of terminal acetylenes is 1. The van der Waals surface area contributed by atoms with Crippen LogP contribution in [0.3, 0.4) is 0 Å². The molecule has 35 atom stereocenters. The maximum absolute atomic E-state index is 13.5. The van der Waals surface area contributed by atoms with Gasteiger partial charge in [0, 0.05) is 17.7 Å². The van der Waals surface area contributed by atoms with E-state index in [-0.39, 0.29) is 5.56 Å². The molecule has 0 aromatic heterocycles. The van der Waals surface area contributed by atoms with Gasteiger partial charge in [0.05, 0.1) is 39.6 Å². The molecule has 21 aliphatic rings. The zero-order valence-electron chi connectivity index (χ0n) is 45.6. The fraction of sp³-hybridized carbons (Fsp3) is 0.824. The smallest absolute Gasteiger partial charge is 0.251 e. The molecule has 21 saturated heterocycles. The molecule has 36 nitrogen and oxygen atoms in total. The lowest BCUT2D eigenvalue weighted by atomic mass is 9.95. The normalized spacial score (nSPS) is 50.1. The molecule has 1 aromatic rings. The lowest BCUT2D eigenvalue weighted by molar-refractivity contribution is -0.396. The van der Waals surface area contributed by atoms with Gasteiger partial charge in [-0.2, -0.15) is 0 Å². The van der Waals surface area contributed by atoms with Crippen molar-refractivity contribution in [3.63, 3.8) is 0 Å². The number of ether oxygens (including phenoxy) is 14. The molecule has 0 saturated carbocycles. The third-order valence-electron chi connectivity index (χ3n) is 16.4. The summed E-state index contributed by atoms with van der Waals surface area (Å²) in [4.78, 5) is 13.5. The predicted molar refractivity (Wildman–Crippen MR) is 268 cm³/mol. The van der Waals surface area contributed by atoms with Gasteiger partial charge in [-0.15, -0.1) is 6.42 Å². The minimum atomic E-state index is -2.27. The Hall–Kier alpha value is -3.11. The van der Waals surface area contributed by atoms with Gasteiger partial charge >= 0.3 is 0 Å². The standard InChI is InChI=1S/C51H75NO35/c1-2-14-3-5-15(6-4-14)44(73)52-7-16-37-23(59)30(66)45(74-16)82-38-17(8-53)76-47(32(68)25(38)61)84-40-19(10-55)78-49(34(70)27(40)63)86-42-21(12-57)80-51(36(72)29(42)65)87-43-22(13-58)79-50(35(71)28(43)64)85-41-20(11-56)77-48(33(69)26(41)62)83-39-18(9-54)75-46(81-37)31(67)24(39)60/h1,3-6,16-43,45-51,53-72H,7-13H2,(H,52,73)/t16-,17-,18-,19-,20-,21-,22-,23-,24-,25-,26-,27-,28-,29-,30-,31-,32-,33-,34-,35-,36-,37-,38-,39-,40-,41-,42-,43-,45-,46-,47-,48-,49-,50-,51-/m1/s1. The SMILES string of the molecule is C#Cc1ccc(C(=O)NC[C@H]2O[C@@H]3O[C@H]4[C@H](O)[C@@H](O)[C@@H](O[C@H]5[C@H](O)[C@@H](O)[C@@H](O[C@H]6[C@H](O)[C@@H](O)[C@@H](O[C@H]7[C@H](O)[C@@H](O)[C@@H](O[C@H]8[C@H](O)[C@@H](O)[C@@H](O[C@H]9[C@H](O)[C@@H](O)[C@@H](O[C@H]2[C@H](O)[C@H]3O)O[C@@H]9CO)O[C@@H]8CO)O[C@@H]7CO)O[C@@H]6CO)O[C@@H]5CO)O[C@@H]4CO)cc1. The molecule has 494 valence electrons. The number of amides is 1. The topological polar surface area (TPSA) is 563 Å². The first kappa shape index (κ1) is 68.3. The van der Waals surface area contributed by atoms with Gasteiger partial charge < -0.3 is 174 Å². The predicted octanol–water partition coefficient (Wildman–Crippen LogP) is -13.8. The van der Waals surface area contributed by atoms with E-state index in [9.17, 15) is 107 Å². The van der Waals surface area contributed by atoms with Gasteiger partial charge in [0.2, 0.25) is 0 Å². The van der Waals surface area contributed by atoms with E-state index < -0.39 is 267 Å². The zero-order valence-corrected chi connectivity index (χ0v) is 45.6. The van der Waals surface area contributed by atoms with Crippen molar-refractivity contribution in [1.82, 2.24) is 5.32 Å². The Kier molecular flexibility index (Phi) is 22.9. The van der Waals surface area contributed by atoms with Crippen LogP contribution in [0.2, 0.25) is 0 Å². The lowest BCUT2D eigenvalue weighted by Crippen LogP contribution is -2.68. The van der Waals surface area contributed by atoms with E-state index in [1.807, 2.05) is 0 Å². The fourth-order valence-electron chi connectivity index (χ4n) is 11.4. The average molecular weight is 1260 g/mol. The van der Waals surface area contributed by atoms with Crippen molar-refractivity contribution in [2.24, 2.45) is 0 Å². The number of carbonyl (C=O) groups excluding carboxylic acids is 1. The van der Waals surface area contributed by atoms with Crippen LogP contribution in [-0.2, 0) is 66.3 Å². The first-order chi connectivity index (χ1) is 41.5. The number of rotatable bonds is 9. The molecule has 0 radical (unpaired) electrons. The highest BCUT2D eigenvalue weighted by Gasteiger charge is 2.59. The zero-order chi connectivity index (χ0) is 63.0. The van der Waals surface area contributed by atoms with Crippen molar-refractivity contribution < 1.29 is 173 Å². The Balaban J connectivity index is 1.02. The molecule has 21 heterocycles. The van der Waals surface area contributed by atoms with Crippen LogP contribution in [0.1, 0.15) is 15.9 Å². The van der Waals surface area contributed by atoms with Gasteiger partial charge in [-0.1, -0.05) is 5.92 Å². The first-order valence-electron chi connectivity index (χ1n) is 27.7. The van der Waals surface area contributed by atoms with Crippen LogP contribution in [-0.4, -0.2) is 369 Å². The molecular weight excluding hydrogens is 1190 g/mol. The summed E-state index contributed by atoms with van der Waals surface area (Å²) < 4.78 is 81.0. The highest BCUT2D eigenvalue weighted by atomic mass is 16.8. The summed E-state index contributed by atoms with van der Waals surface area (Å²) in [7, 11) is 0. The molecule has 1 aromatic carbocycles. The molecule has 1 amide bonds. The summed E-state index contributed by atoms with van der Waals surface area (Å²) in [5, 5.41) is 226. The lowest BCUT2D eigenvalue weighted by Gasteiger charge is -2.50. The largest absolute Gasteiger partial charge is 0.394 e. The molecule has 21 aliphatic heterocycles. The van der Waals surface area contributed by atoms with Crippen LogP contribution < -0.4 is 5.32 Å². The monoisotopic (exact) mass is 1260 g/mol. The Morgan fingerprint density at radius 1 is 0.322 bits per heavy atom. The third-order valence-corrected chi connectivity index (χ3v) is 16.4. The van der Waals surface area contributed by atoms with Crippen LogP contribution >= 0.6 is 0 Å². The van der Waals surface area contributed by atoms with Gasteiger partial charge in [0.15, 0.2) is 44.0 Å². The van der Waals surface area contributed by atoms with Gasteiger partial charge in [-0.25, -0.2) is 0 Å². The minimum Gasteiger partial charge on any atom is -0.394 e. The van der Waals surface area contributed by atoms with Crippen molar-refractivity contribution in [3.05, 3.63) is 35.4 Å². The number of aliphatic hydroxyl groups is 20. The molecule has 21 N–H and O–H groups in total. The Morgan fingerprint density at radius 2 is 0.517 bits per heavy atom. The van der Waals surface area contributed by atoms with Crippen molar-refractivity contribution >= 4 is 5.91 Å². The number of aliphatic hydroxyl groups excluding tert-OH is 20. The molecule has 87 heavy (non-hydrogen) atoms. The van der Waals surface area contributed by atoms with Crippen molar-refractivity contribution in [3.8, 4) is 12.3 Å². The van der Waals surface area contributed by atoms with E-state index >= 15 is 0 Å². The highest BCUT2D eigenvalue weighted by molar-refractivity contribution is 5.94. The second-order valence-electron chi connectivity index (χ2n) is 21.9. The molecule has 22 rings (SSSR count). The van der Waals surface area contributed by atoms with Gasteiger partial charge in [-0.3, -0.25) is 4.79 Å². The van der Waals surface area contributed by atoms with E-state index in [2.05, 4.69) is 11.2 Å². The highest BCUT2D eigenvalue weighted by Crippen LogP contribution is 2.39. The number of benzene rings is 1. The summed E-state index contributed by atoms with van der Waals surface area (Å²) in [5.74, 6) is 1.62. The number of carbonyl (C=O) groups is 1. The third kappa shape index (κ3) is 13.8. The van der Waals surface area contributed by atoms with Gasteiger partial charge in [0.25, 0.3) is 5.91 Å². The Labute approximate surface area is 492 Å². The van der Waals surface area contributed by atoms with E-state index in [0.29, 0.717) is 5.56 Å². The summed E-state index contributed by atoms with van der Waals surface area (Å²) in [6.07, 6.45) is -66.0. The fourth-order valence-corrected chi connectivity index (χ4v) is 11.4. The maximum Gasteiger partial charge on any atom is 0.251 e. The summed E-state index contributed by atoms with van der Waals surface area (Å²) in [6, 6.07) is 5.65. The summed E-state index contributed by atoms with van der Waals surface area (Å²) >= 11 is 0. The quantitative estimate of drug-likeness (QED) is 0.102. The van der Waals surface area contributed by atoms with Crippen LogP contribution in [0.4, 0.5) is 0 Å². The summed E-state index contributed by atoms with van der Waals surface area (Å²) in [6.45, 7) is -7.08. The molecule has 14 bridgehead atoms. The van der Waals surface area contributed by atoms with Crippen molar-refractivity contribution in [2.75, 3.05) is 46.2 Å². The molecule has 0 unspecified atom stereocenters. The number of hydrogen-bond acceptors (Lipinski definition) is 35. The number of nitrogens with one attached hydrogen (secondary N) is 1. The Morgan fingerprint density at radius 3 is 0.713 bits per heavy atom. The van der Waals surface area contributed by atoms with Crippen LogP contribution in [0.15, 0.2) is 24.3 Å². The van der Waals surface area contributed by atoms with Crippen LogP contribution in [0, 0.1) is 12.3 Å². The Bertz CT molecular complexity index is 2380.